The van der Waals surface area contributed by atoms with Crippen molar-refractivity contribution in [3.8, 4) is 0 Å². The second kappa shape index (κ2) is 5.65. The van der Waals surface area contributed by atoms with E-state index < -0.39 is 0 Å². The van der Waals surface area contributed by atoms with Crippen LogP contribution < -0.4 is 5.32 Å². The zero-order valence-electron chi connectivity index (χ0n) is 11.2. The highest BCUT2D eigenvalue weighted by molar-refractivity contribution is 4.92. The maximum absolute atomic E-state index is 4.41. The summed E-state index contributed by atoms with van der Waals surface area (Å²) in [7, 11) is 2.06. The van der Waals surface area contributed by atoms with Gasteiger partial charge in [0.05, 0.1) is 6.54 Å². The van der Waals surface area contributed by atoms with E-state index in [1.807, 2.05) is 12.4 Å². The molecule has 2 heterocycles. The maximum atomic E-state index is 4.41. The summed E-state index contributed by atoms with van der Waals surface area (Å²) in [5.74, 6) is 1.15. The van der Waals surface area contributed by atoms with Crippen molar-refractivity contribution in [3.05, 3.63) is 18.2 Å². The second-order valence-corrected chi connectivity index (χ2v) is 5.27. The molecule has 1 aromatic rings. The van der Waals surface area contributed by atoms with Crippen molar-refractivity contribution in [2.45, 2.75) is 45.3 Å². The smallest absolute Gasteiger partial charge is 0.122 e. The predicted octanol–water partition coefficient (Wildman–Crippen LogP) is 1.38. The molecule has 1 fully saturated rings. The average Bonchev–Trinajstić information content (AvgIpc) is 2.90. The van der Waals surface area contributed by atoms with Crippen LogP contribution >= 0.6 is 0 Å². The molecule has 1 aliphatic heterocycles. The van der Waals surface area contributed by atoms with Crippen LogP contribution in [-0.2, 0) is 13.6 Å². The number of aryl methyl sites for hydroxylation is 1. The summed E-state index contributed by atoms with van der Waals surface area (Å²) in [5.41, 5.74) is 0. The lowest BCUT2D eigenvalue weighted by molar-refractivity contribution is 0.188. The van der Waals surface area contributed by atoms with Crippen molar-refractivity contribution < 1.29 is 0 Å². The first-order valence-corrected chi connectivity index (χ1v) is 6.60. The highest BCUT2D eigenvalue weighted by Crippen LogP contribution is 2.12. The summed E-state index contributed by atoms with van der Waals surface area (Å²) < 4.78 is 2.11. The molecule has 1 saturated heterocycles. The third-order valence-electron chi connectivity index (χ3n) is 3.61. The lowest BCUT2D eigenvalue weighted by Crippen LogP contribution is -2.41. The maximum Gasteiger partial charge on any atom is 0.122 e. The molecule has 96 valence electrons. The van der Waals surface area contributed by atoms with Gasteiger partial charge in [0.15, 0.2) is 0 Å². The summed E-state index contributed by atoms with van der Waals surface area (Å²) in [6.07, 6.45) is 6.52. The van der Waals surface area contributed by atoms with Gasteiger partial charge >= 0.3 is 0 Å². The average molecular weight is 236 g/mol. The van der Waals surface area contributed by atoms with Gasteiger partial charge in [-0.2, -0.15) is 0 Å². The van der Waals surface area contributed by atoms with Gasteiger partial charge in [0, 0.05) is 38.1 Å². The summed E-state index contributed by atoms with van der Waals surface area (Å²) in [6.45, 7) is 7.78. The molecule has 1 N–H and O–H groups in total. The molecule has 0 bridgehead atoms. The first kappa shape index (κ1) is 12.6. The van der Waals surface area contributed by atoms with Crippen molar-refractivity contribution in [2.24, 2.45) is 7.05 Å². The highest BCUT2D eigenvalue weighted by Gasteiger charge is 2.20. The number of hydrogen-bond acceptors (Lipinski definition) is 3. The Morgan fingerprint density at radius 1 is 1.59 bits per heavy atom. The first-order chi connectivity index (χ1) is 8.16. The monoisotopic (exact) mass is 236 g/mol. The predicted molar refractivity (Wildman–Crippen MR) is 69.8 cm³/mol. The molecule has 0 spiro atoms. The minimum absolute atomic E-state index is 0.564. The third-order valence-corrected chi connectivity index (χ3v) is 3.61. The van der Waals surface area contributed by atoms with Crippen molar-refractivity contribution in [3.63, 3.8) is 0 Å². The summed E-state index contributed by atoms with van der Waals surface area (Å²) in [4.78, 5) is 6.92. The van der Waals surface area contributed by atoms with Gasteiger partial charge in [-0.1, -0.05) is 0 Å². The van der Waals surface area contributed by atoms with E-state index in [0.29, 0.717) is 12.1 Å². The topological polar surface area (TPSA) is 33.1 Å². The molecule has 4 heteroatoms. The van der Waals surface area contributed by atoms with E-state index in [4.69, 9.17) is 0 Å². The molecule has 1 aliphatic rings. The van der Waals surface area contributed by atoms with Crippen molar-refractivity contribution in [1.82, 2.24) is 19.8 Å². The zero-order valence-corrected chi connectivity index (χ0v) is 11.2. The molecule has 0 radical (unpaired) electrons. The van der Waals surface area contributed by atoms with Crippen molar-refractivity contribution in [1.29, 1.82) is 0 Å². The Kier molecular flexibility index (Phi) is 4.18. The molecule has 1 unspecified atom stereocenters. The second-order valence-electron chi connectivity index (χ2n) is 5.27. The van der Waals surface area contributed by atoms with E-state index >= 15 is 0 Å². The van der Waals surface area contributed by atoms with Crippen molar-refractivity contribution >= 4 is 0 Å². The Balaban J connectivity index is 1.95. The fourth-order valence-electron chi connectivity index (χ4n) is 2.38. The van der Waals surface area contributed by atoms with E-state index in [-0.39, 0.29) is 0 Å². The Hall–Kier alpha value is -0.870. The molecule has 4 nitrogen and oxygen atoms in total. The molecule has 1 aromatic heterocycles. The number of rotatable bonds is 5. The summed E-state index contributed by atoms with van der Waals surface area (Å²) in [6, 6.07) is 1.23. The van der Waals surface area contributed by atoms with Crippen LogP contribution in [0.3, 0.4) is 0 Å². The lowest BCUT2D eigenvalue weighted by atomic mass is 10.2. The molecular formula is C13H24N4. The van der Waals surface area contributed by atoms with Gasteiger partial charge in [0.2, 0.25) is 0 Å². The Morgan fingerprint density at radius 3 is 2.94 bits per heavy atom. The van der Waals surface area contributed by atoms with Gasteiger partial charge in [-0.25, -0.2) is 4.98 Å². The lowest BCUT2D eigenvalue weighted by Gasteiger charge is -2.28. The van der Waals surface area contributed by atoms with E-state index in [1.165, 1.54) is 19.4 Å². The molecular weight excluding hydrogens is 212 g/mol. The van der Waals surface area contributed by atoms with Crippen LogP contribution in [0.2, 0.25) is 0 Å². The van der Waals surface area contributed by atoms with Gasteiger partial charge in [0.1, 0.15) is 5.82 Å². The normalized spacial score (nSPS) is 20.6. The van der Waals surface area contributed by atoms with Crippen LogP contribution in [0, 0.1) is 0 Å². The van der Waals surface area contributed by atoms with E-state index in [2.05, 4.69) is 40.7 Å². The van der Waals surface area contributed by atoms with Gasteiger partial charge in [-0.15, -0.1) is 0 Å². The third kappa shape index (κ3) is 3.30. The molecule has 0 aromatic carbocycles. The molecule has 0 aliphatic carbocycles. The van der Waals surface area contributed by atoms with Gasteiger partial charge in [-0.05, 0) is 33.2 Å². The van der Waals surface area contributed by atoms with E-state index in [1.54, 1.807) is 0 Å². The molecule has 0 saturated carbocycles. The van der Waals surface area contributed by atoms with Gasteiger partial charge in [-0.3, -0.25) is 4.90 Å². The standard InChI is InChI=1S/C13H24N4/c1-11(2)17(9-12-5-4-6-14-12)10-13-15-7-8-16(13)3/h7-8,11-12,14H,4-6,9-10H2,1-3H3. The van der Waals surface area contributed by atoms with E-state index in [9.17, 15) is 0 Å². The zero-order chi connectivity index (χ0) is 12.3. The van der Waals surface area contributed by atoms with Crippen molar-refractivity contribution in [2.75, 3.05) is 13.1 Å². The number of hydrogen-bond donors (Lipinski definition) is 1. The SMILES string of the molecule is CC(C)N(Cc1nccn1C)CC1CCCN1. The highest BCUT2D eigenvalue weighted by atomic mass is 15.2. The molecule has 17 heavy (non-hydrogen) atoms. The van der Waals surface area contributed by atoms with Crippen LogP contribution in [0.15, 0.2) is 12.4 Å². The quantitative estimate of drug-likeness (QED) is 0.838. The minimum atomic E-state index is 0.564. The Labute approximate surface area is 104 Å². The molecule has 0 amide bonds. The van der Waals surface area contributed by atoms with E-state index in [0.717, 1.165) is 18.9 Å². The largest absolute Gasteiger partial charge is 0.337 e. The van der Waals surface area contributed by atoms with Gasteiger partial charge in [0.25, 0.3) is 0 Å². The molecule has 1 atom stereocenters. The number of nitrogens with one attached hydrogen (secondary N) is 1. The van der Waals surface area contributed by atoms with Gasteiger partial charge < -0.3 is 9.88 Å². The first-order valence-electron chi connectivity index (χ1n) is 6.60. The summed E-state index contributed by atoms with van der Waals surface area (Å²) >= 11 is 0. The Bertz CT molecular complexity index is 339. The van der Waals surface area contributed by atoms with Crippen LogP contribution in [-0.4, -0.2) is 39.6 Å². The number of imidazole rings is 1. The number of aromatic nitrogens is 2. The fraction of sp³-hybridized carbons (Fsp3) is 0.769. The van der Waals surface area contributed by atoms with Crippen LogP contribution in [0.4, 0.5) is 0 Å². The molecule has 2 rings (SSSR count). The number of nitrogens with zero attached hydrogens (tertiary/aromatic N) is 3. The summed E-state index contributed by atoms with van der Waals surface area (Å²) in [5, 5.41) is 3.57. The fourth-order valence-corrected chi connectivity index (χ4v) is 2.38. The minimum Gasteiger partial charge on any atom is -0.337 e. The van der Waals surface area contributed by atoms with Crippen LogP contribution in [0.5, 0.6) is 0 Å². The van der Waals surface area contributed by atoms with Crippen LogP contribution in [0.1, 0.15) is 32.5 Å². The van der Waals surface area contributed by atoms with Crippen LogP contribution in [0.25, 0.3) is 0 Å². The Morgan fingerprint density at radius 2 is 2.41 bits per heavy atom.